The molecule has 0 saturated carbocycles. The lowest BCUT2D eigenvalue weighted by Gasteiger charge is -2.33. The second-order valence-corrected chi connectivity index (χ2v) is 14.7. The maximum atomic E-state index is 13.9. The predicted molar refractivity (Wildman–Crippen MR) is 233 cm³/mol. The Kier molecular flexibility index (Phi) is 23.5. The van der Waals surface area contributed by atoms with Gasteiger partial charge in [-0.25, -0.2) is 10.6 Å². The van der Waals surface area contributed by atoms with Crippen molar-refractivity contribution in [2.24, 2.45) is 11.6 Å². The zero-order valence-electron chi connectivity index (χ0n) is 37.1. The molecule has 1 aliphatic rings. The van der Waals surface area contributed by atoms with E-state index in [1.54, 1.807) is 26.0 Å². The summed E-state index contributed by atoms with van der Waals surface area (Å²) < 4.78 is 16.9. The van der Waals surface area contributed by atoms with Crippen LogP contribution in [0.1, 0.15) is 118 Å². The Morgan fingerprint density at radius 3 is 2.16 bits per heavy atom. The van der Waals surface area contributed by atoms with E-state index in [9.17, 15) is 19.2 Å². The molecule has 1 unspecified atom stereocenters. The van der Waals surface area contributed by atoms with E-state index in [-0.39, 0.29) is 61.8 Å². The number of ketones is 1. The van der Waals surface area contributed by atoms with E-state index < -0.39 is 11.7 Å². The molecule has 3 amide bonds. The normalized spacial score (nSPS) is 14.1. The summed E-state index contributed by atoms with van der Waals surface area (Å²) in [6, 6.07) is 14.7. The van der Waals surface area contributed by atoms with Crippen molar-refractivity contribution in [3.8, 4) is 0 Å². The van der Waals surface area contributed by atoms with Gasteiger partial charge in [0.15, 0.2) is 0 Å². The van der Waals surface area contributed by atoms with Crippen LogP contribution in [0.3, 0.4) is 0 Å². The number of hydrogen-bond donors (Lipinski definition) is 5. The third kappa shape index (κ3) is 17.2. The maximum Gasteiger partial charge on any atom is 0.407 e. The van der Waals surface area contributed by atoms with Crippen molar-refractivity contribution in [3.05, 3.63) is 65.2 Å². The van der Waals surface area contributed by atoms with E-state index in [0.29, 0.717) is 61.6 Å². The molecule has 0 fully saturated rings. The van der Waals surface area contributed by atoms with E-state index in [1.807, 2.05) is 104 Å². The van der Waals surface area contributed by atoms with Crippen LogP contribution in [-0.4, -0.2) is 92.9 Å². The third-order valence-electron chi connectivity index (χ3n) is 9.55. The average molecular weight is 812 g/mol. The number of fused-ring (bicyclic) bond motifs is 2. The quantitative estimate of drug-likeness (QED) is 0.0554. The van der Waals surface area contributed by atoms with Gasteiger partial charge < -0.3 is 45.8 Å². The van der Waals surface area contributed by atoms with Crippen LogP contribution < -0.4 is 32.4 Å². The van der Waals surface area contributed by atoms with Crippen molar-refractivity contribution in [3.63, 3.8) is 0 Å². The number of alkyl carbamates (subject to hydrolysis) is 1. The summed E-state index contributed by atoms with van der Waals surface area (Å²) in [6.45, 7) is 18.9. The maximum absolute atomic E-state index is 13.9. The number of para-hydroxylation sites is 1. The molecule has 1 aliphatic heterocycles. The molecule has 58 heavy (non-hydrogen) atoms. The molecule has 3 rings (SSSR count). The number of likely N-dealkylation sites (N-methyl/N-ethyl adjacent to an activating group) is 1. The van der Waals surface area contributed by atoms with Gasteiger partial charge in [0, 0.05) is 44.2 Å². The molecule has 0 radical (unpaired) electrons. The standard InChI is InChI=1S/C40H61N7O7.2C2H6/c1-28(48)32(43-6)17-12-13-22-44-38(51)53-25-23-47(42)37-30-15-9-8-14-29(30)26-46(33-18-11-10-16-31(33)36(37)41)35(50)20-19-34(49)45-27-40(4,5)54-24-21-39(2,3)52-7;2*1-2/h8-11,14-16,18,32,43H,12-13,17,19-27,41-42H2,1-7H3,(H,44,51)(H,45,49);2*1-2H3/b37-36-;;. The van der Waals surface area contributed by atoms with Gasteiger partial charge in [-0.1, -0.05) is 70.2 Å². The third-order valence-corrected chi connectivity index (χ3v) is 9.55. The molecule has 0 aliphatic carbocycles. The first-order valence-corrected chi connectivity index (χ1v) is 20.6. The fourth-order valence-corrected chi connectivity index (χ4v) is 5.98. The first-order valence-electron chi connectivity index (χ1n) is 20.6. The Hall–Kier alpha value is -4.50. The topological polar surface area (TPSA) is 191 Å². The highest BCUT2D eigenvalue weighted by Gasteiger charge is 2.29. The highest BCUT2D eigenvalue weighted by molar-refractivity contribution is 6.01. The summed E-state index contributed by atoms with van der Waals surface area (Å²) in [6.07, 6.45) is 2.31. The summed E-state index contributed by atoms with van der Waals surface area (Å²) in [4.78, 5) is 52.4. The first kappa shape index (κ1) is 51.5. The van der Waals surface area contributed by atoms with Gasteiger partial charge in [-0.2, -0.15) is 0 Å². The number of nitrogens with two attached hydrogens (primary N) is 2. The minimum atomic E-state index is -0.596. The Labute approximate surface area is 347 Å². The number of methoxy groups -OCH3 is 1. The molecule has 1 heterocycles. The summed E-state index contributed by atoms with van der Waals surface area (Å²) in [7, 11) is 3.43. The monoisotopic (exact) mass is 812 g/mol. The van der Waals surface area contributed by atoms with Crippen molar-refractivity contribution >= 4 is 40.8 Å². The van der Waals surface area contributed by atoms with Crippen molar-refractivity contribution in [2.75, 3.05) is 51.9 Å². The number of nitrogens with zero attached hydrogens (tertiary/aromatic N) is 2. The van der Waals surface area contributed by atoms with Crippen molar-refractivity contribution in [1.82, 2.24) is 21.0 Å². The number of unbranched alkanes of at least 4 members (excludes halogenated alkanes) is 1. The number of rotatable bonds is 21. The van der Waals surface area contributed by atoms with Gasteiger partial charge in [0.05, 0.1) is 54.0 Å². The molecule has 2 aromatic carbocycles. The molecular weight excluding hydrogens is 739 g/mol. The molecule has 0 spiro atoms. The summed E-state index contributed by atoms with van der Waals surface area (Å²) >= 11 is 0. The smallest absolute Gasteiger partial charge is 0.407 e. The summed E-state index contributed by atoms with van der Waals surface area (Å²) in [5.41, 5.74) is 9.59. The van der Waals surface area contributed by atoms with E-state index in [4.69, 9.17) is 25.8 Å². The number of amides is 3. The molecule has 7 N–H and O–H groups in total. The van der Waals surface area contributed by atoms with Gasteiger partial charge in [-0.3, -0.25) is 14.4 Å². The minimum Gasteiger partial charge on any atom is -0.448 e. The number of Topliss-reactive ketones (excluding diaryl/α,β-unsaturated/α-hetero) is 1. The highest BCUT2D eigenvalue weighted by atomic mass is 16.5. The Bertz CT molecular complexity index is 1610. The number of anilines is 1. The molecule has 0 bridgehead atoms. The van der Waals surface area contributed by atoms with Crippen LogP contribution in [0.15, 0.2) is 48.5 Å². The fraction of sp³-hybridized carbons (Fsp3) is 0.591. The lowest BCUT2D eigenvalue weighted by molar-refractivity contribution is -0.126. The van der Waals surface area contributed by atoms with Crippen molar-refractivity contribution < 1.29 is 33.4 Å². The van der Waals surface area contributed by atoms with Gasteiger partial charge in [0.2, 0.25) is 11.8 Å². The lowest BCUT2D eigenvalue weighted by Crippen LogP contribution is -2.42. The number of benzene rings is 2. The molecule has 0 saturated heterocycles. The van der Waals surface area contributed by atoms with Crippen LogP contribution in [0.4, 0.5) is 10.5 Å². The number of carbonyl (C=O) groups excluding carboxylic acids is 4. The van der Waals surface area contributed by atoms with Crippen LogP contribution in [0, 0.1) is 0 Å². The van der Waals surface area contributed by atoms with Gasteiger partial charge in [-0.15, -0.1) is 0 Å². The largest absolute Gasteiger partial charge is 0.448 e. The number of hydrazine groups is 1. The molecule has 1 atom stereocenters. The van der Waals surface area contributed by atoms with Gasteiger partial charge in [0.1, 0.15) is 12.4 Å². The zero-order chi connectivity index (χ0) is 43.9. The second kappa shape index (κ2) is 26.5. The van der Waals surface area contributed by atoms with Crippen LogP contribution in [-0.2, 0) is 35.1 Å². The molecule has 14 nitrogen and oxygen atoms in total. The molecular formula is C44H73N7O7. The van der Waals surface area contributed by atoms with Crippen LogP contribution in [0.5, 0.6) is 0 Å². The highest BCUT2D eigenvalue weighted by Crippen LogP contribution is 2.36. The molecule has 0 aromatic heterocycles. The Morgan fingerprint density at radius 1 is 0.879 bits per heavy atom. The van der Waals surface area contributed by atoms with E-state index in [2.05, 4.69) is 16.0 Å². The molecule has 326 valence electrons. The molecule has 14 heteroatoms. The van der Waals surface area contributed by atoms with Crippen molar-refractivity contribution in [1.29, 1.82) is 0 Å². The van der Waals surface area contributed by atoms with Crippen LogP contribution in [0.2, 0.25) is 0 Å². The predicted octanol–water partition coefficient (Wildman–Crippen LogP) is 6.13. The minimum absolute atomic E-state index is 0.00291. The van der Waals surface area contributed by atoms with Gasteiger partial charge in [-0.05, 0) is 79.0 Å². The SMILES string of the molecule is CC.CC.CNC(CCCCNC(=O)OCCN(N)/C1=C(\N)c2ccccc2N(C(=O)CCC(=O)NCC(C)(C)OCCC(C)(C)OC)Cc2ccccc21)C(C)=O. The number of ether oxygens (including phenoxy) is 3. The number of nitrogens with one attached hydrogen (secondary N) is 3. The first-order chi connectivity index (χ1) is 27.6. The van der Waals surface area contributed by atoms with Crippen LogP contribution in [0.25, 0.3) is 11.4 Å². The Morgan fingerprint density at radius 2 is 1.52 bits per heavy atom. The number of carbonyl (C=O) groups is 4. The van der Waals surface area contributed by atoms with Gasteiger partial charge in [0.25, 0.3) is 0 Å². The van der Waals surface area contributed by atoms with E-state index in [0.717, 1.165) is 17.5 Å². The number of hydrogen-bond acceptors (Lipinski definition) is 11. The summed E-state index contributed by atoms with van der Waals surface area (Å²) in [5.74, 6) is 6.23. The van der Waals surface area contributed by atoms with Crippen LogP contribution >= 0.6 is 0 Å². The lowest BCUT2D eigenvalue weighted by atomic mass is 9.95. The summed E-state index contributed by atoms with van der Waals surface area (Å²) in [5, 5.41) is 10.1. The second-order valence-electron chi connectivity index (χ2n) is 14.7. The Balaban J connectivity index is 0.00000407. The molecule has 2 aromatic rings. The van der Waals surface area contributed by atoms with Crippen molar-refractivity contribution in [2.45, 2.75) is 125 Å². The fourth-order valence-electron chi connectivity index (χ4n) is 5.98. The van der Waals surface area contributed by atoms with E-state index in [1.165, 1.54) is 5.01 Å². The zero-order valence-corrected chi connectivity index (χ0v) is 37.1. The average Bonchev–Trinajstić information content (AvgIpc) is 3.20. The van der Waals surface area contributed by atoms with Gasteiger partial charge >= 0.3 is 6.09 Å². The van der Waals surface area contributed by atoms with E-state index >= 15 is 0 Å².